The number of aryl methyl sites for hydroxylation is 3. The number of hydrogen-bond donors (Lipinski definition) is 1. The Hall–Kier alpha value is -2.62. The molecular formula is C81H126N4O3. The minimum atomic E-state index is 0. The lowest BCUT2D eigenvalue weighted by Gasteiger charge is -2.42. The Balaban J connectivity index is 0.000000128. The first kappa shape index (κ1) is 65.4. The van der Waals surface area contributed by atoms with Crippen molar-refractivity contribution < 1.29 is 14.2 Å². The SMILES string of the molecule is C.Cc1cc(C2CCN([C@@H]3CCC4(CCC4)C3)CC2)c(CC2CCOC2)c(C)c1C.Cc1cc(C2CCN([C@@H]3CCC4(CCC4)C3)CC2)c(CC2CCOC2)c(C)c1C.Cc1cc(C2CCN([C@@H]3CCC4(CNC4)C3)CC2)c(CC2CCOC2)c(C)c1C. The summed E-state index contributed by atoms with van der Waals surface area (Å²) in [5.41, 5.74) is 26.0. The van der Waals surface area contributed by atoms with E-state index in [0.717, 1.165) is 104 Å². The van der Waals surface area contributed by atoms with Crippen LogP contribution >= 0.6 is 0 Å². The average Bonchev–Trinajstić information content (AvgIpc) is 1.85. The van der Waals surface area contributed by atoms with Gasteiger partial charge in [0.15, 0.2) is 0 Å². The van der Waals surface area contributed by atoms with E-state index in [2.05, 4.69) is 101 Å². The van der Waals surface area contributed by atoms with Crippen LogP contribution in [0.4, 0.5) is 0 Å². The maximum absolute atomic E-state index is 5.70. The summed E-state index contributed by atoms with van der Waals surface area (Å²) in [6.45, 7) is 37.3. The zero-order valence-corrected chi connectivity index (χ0v) is 57.0. The number of hydrogen-bond acceptors (Lipinski definition) is 7. The maximum atomic E-state index is 5.70. The van der Waals surface area contributed by atoms with Gasteiger partial charge >= 0.3 is 0 Å². The van der Waals surface area contributed by atoms with Gasteiger partial charge in [0.25, 0.3) is 0 Å². The molecule has 0 aromatic heterocycles. The van der Waals surface area contributed by atoms with Gasteiger partial charge in [-0.3, -0.25) is 0 Å². The Kier molecular flexibility index (Phi) is 20.9. The molecule has 12 fully saturated rings. The molecule has 6 atom stereocenters. The van der Waals surface area contributed by atoms with Crippen molar-refractivity contribution in [2.45, 2.75) is 279 Å². The number of ether oxygens (including phenoxy) is 3. The van der Waals surface area contributed by atoms with Gasteiger partial charge in [0.1, 0.15) is 0 Å². The molecule has 7 nitrogen and oxygen atoms in total. The molecule has 7 heteroatoms. The average molecular weight is 1200 g/mol. The predicted molar refractivity (Wildman–Crippen MR) is 368 cm³/mol. The fourth-order valence-corrected chi connectivity index (χ4v) is 20.8. The summed E-state index contributed by atoms with van der Waals surface area (Å²) in [5, 5.41) is 3.52. The fourth-order valence-electron chi connectivity index (χ4n) is 20.8. The van der Waals surface area contributed by atoms with Gasteiger partial charge in [-0.15, -0.1) is 0 Å². The van der Waals surface area contributed by atoms with Crippen LogP contribution in [-0.2, 0) is 33.5 Å². The molecule has 88 heavy (non-hydrogen) atoms. The molecule has 3 aromatic rings. The Morgan fingerprint density at radius 1 is 0.375 bits per heavy atom. The highest BCUT2D eigenvalue weighted by Crippen LogP contribution is 2.56. The predicted octanol–water partition coefficient (Wildman–Crippen LogP) is 17.3. The normalized spacial score (nSPS) is 29.8. The Morgan fingerprint density at radius 3 is 0.898 bits per heavy atom. The molecule has 0 radical (unpaired) electrons. The Morgan fingerprint density at radius 2 is 0.670 bits per heavy atom. The molecule has 0 bridgehead atoms. The first-order valence-corrected chi connectivity index (χ1v) is 37.1. The number of nitrogens with zero attached hydrogens (tertiary/aromatic N) is 3. The van der Waals surface area contributed by atoms with Crippen LogP contribution in [0, 0.1) is 96.3 Å². The third-order valence-electron chi connectivity index (χ3n) is 27.8. The van der Waals surface area contributed by atoms with Crippen LogP contribution in [0.2, 0.25) is 0 Å². The minimum Gasteiger partial charge on any atom is -0.381 e. The molecule has 5 aliphatic carbocycles. The van der Waals surface area contributed by atoms with Crippen LogP contribution in [0.25, 0.3) is 0 Å². The topological polar surface area (TPSA) is 49.4 Å². The molecule has 3 aromatic carbocycles. The molecule has 5 saturated carbocycles. The van der Waals surface area contributed by atoms with Crippen molar-refractivity contribution in [3.63, 3.8) is 0 Å². The van der Waals surface area contributed by atoms with Gasteiger partial charge in [0.2, 0.25) is 0 Å². The largest absolute Gasteiger partial charge is 0.381 e. The molecular weight excluding hydrogens is 1080 g/mol. The smallest absolute Gasteiger partial charge is 0.0498 e. The second-order valence-corrected chi connectivity index (χ2v) is 32.8. The van der Waals surface area contributed by atoms with Gasteiger partial charge in [0.05, 0.1) is 0 Å². The summed E-state index contributed by atoms with van der Waals surface area (Å²) in [7, 11) is 0. The van der Waals surface area contributed by atoms with Crippen LogP contribution in [0.5, 0.6) is 0 Å². The summed E-state index contributed by atoms with van der Waals surface area (Å²) < 4.78 is 17.1. The summed E-state index contributed by atoms with van der Waals surface area (Å²) in [6, 6.07) is 10.3. The minimum absolute atomic E-state index is 0. The van der Waals surface area contributed by atoms with Gasteiger partial charge in [-0.2, -0.15) is 0 Å². The van der Waals surface area contributed by atoms with Crippen LogP contribution in [-0.4, -0.2) is 125 Å². The third-order valence-corrected chi connectivity index (χ3v) is 27.8. The van der Waals surface area contributed by atoms with Gasteiger partial charge < -0.3 is 34.2 Å². The molecule has 0 amide bonds. The molecule has 1 N–H and O–H groups in total. The Labute approximate surface area is 538 Å². The zero-order chi connectivity index (χ0) is 60.0. The fraction of sp³-hybridized carbons (Fsp3) is 0.778. The quantitative estimate of drug-likeness (QED) is 0.194. The molecule has 488 valence electrons. The maximum Gasteiger partial charge on any atom is 0.0498 e. The van der Waals surface area contributed by atoms with Crippen LogP contribution in [0.1, 0.15) is 263 Å². The van der Waals surface area contributed by atoms with E-state index >= 15 is 0 Å². The van der Waals surface area contributed by atoms with Gasteiger partial charge in [-0.1, -0.05) is 38.5 Å². The second kappa shape index (κ2) is 28.1. The molecule has 3 spiro atoms. The summed E-state index contributed by atoms with van der Waals surface area (Å²) in [4.78, 5) is 8.60. The highest BCUT2D eigenvalue weighted by Gasteiger charge is 2.48. The number of piperidine rings is 3. The van der Waals surface area contributed by atoms with E-state index in [1.807, 2.05) is 0 Å². The standard InChI is InChI=1S/2C27H41NO.C26H40N2O.CH4/c2*1-19-15-26(25(21(3)20(19)2)16-22-8-14-29-18-22)23-6-12-28(13-7-23)24-5-11-27(17-24)9-4-10-27;1-18-12-25(24(20(3)19(18)2)13-21-7-11-29-15-21)22-5-9-28(10-6-22)23-4-8-26(14-23)16-27-17-26;/h2*15,22-24H,4-14,16-18H2,1-3H3;12,21-23,27H,4-11,13-17H2,1-3H3;1H4/t2*22?,24-;21?,23-;/m111./s1. The van der Waals surface area contributed by atoms with E-state index in [1.54, 1.807) is 50.1 Å². The summed E-state index contributed by atoms with van der Waals surface area (Å²) >= 11 is 0. The van der Waals surface area contributed by atoms with Crippen molar-refractivity contribution in [1.29, 1.82) is 0 Å². The van der Waals surface area contributed by atoms with E-state index < -0.39 is 0 Å². The molecule has 7 aliphatic heterocycles. The van der Waals surface area contributed by atoms with E-state index in [4.69, 9.17) is 14.2 Å². The molecule has 7 heterocycles. The van der Waals surface area contributed by atoms with Crippen LogP contribution in [0.15, 0.2) is 18.2 Å². The van der Waals surface area contributed by atoms with E-state index in [0.29, 0.717) is 5.41 Å². The van der Waals surface area contributed by atoms with Gasteiger partial charge in [-0.25, -0.2) is 0 Å². The van der Waals surface area contributed by atoms with Crippen LogP contribution < -0.4 is 5.32 Å². The number of benzene rings is 3. The summed E-state index contributed by atoms with van der Waals surface area (Å²) in [6.07, 6.45) is 37.9. The van der Waals surface area contributed by atoms with Crippen molar-refractivity contribution in [2.24, 2.45) is 34.0 Å². The Bertz CT molecular complexity index is 2510. The highest BCUT2D eigenvalue weighted by molar-refractivity contribution is 5.49. The molecule has 7 saturated heterocycles. The molecule has 12 aliphatic rings. The molecule has 3 unspecified atom stereocenters. The van der Waals surface area contributed by atoms with Gasteiger partial charge in [-0.05, 0) is 397 Å². The van der Waals surface area contributed by atoms with E-state index in [1.165, 1.54) is 259 Å². The lowest BCUT2D eigenvalue weighted by molar-refractivity contribution is 0.104. The van der Waals surface area contributed by atoms with Crippen LogP contribution in [0.3, 0.4) is 0 Å². The zero-order valence-electron chi connectivity index (χ0n) is 57.0. The van der Waals surface area contributed by atoms with E-state index in [-0.39, 0.29) is 7.43 Å². The van der Waals surface area contributed by atoms with E-state index in [9.17, 15) is 0 Å². The lowest BCUT2D eigenvalue weighted by atomic mass is 9.67. The monoisotopic (exact) mass is 1200 g/mol. The number of nitrogens with one attached hydrogen (secondary N) is 1. The number of rotatable bonds is 12. The number of likely N-dealkylation sites (tertiary alicyclic amines) is 3. The first-order valence-electron chi connectivity index (χ1n) is 37.1. The second-order valence-electron chi connectivity index (χ2n) is 32.8. The van der Waals surface area contributed by atoms with Crippen molar-refractivity contribution in [2.75, 3.05) is 92.0 Å². The van der Waals surface area contributed by atoms with Crippen molar-refractivity contribution >= 4 is 0 Å². The van der Waals surface area contributed by atoms with Crippen molar-refractivity contribution in [3.8, 4) is 0 Å². The lowest BCUT2D eigenvalue weighted by Crippen LogP contribution is -2.52. The third kappa shape index (κ3) is 14.0. The molecule has 15 rings (SSSR count). The summed E-state index contributed by atoms with van der Waals surface area (Å²) in [5.74, 6) is 4.46. The highest BCUT2D eigenvalue weighted by atomic mass is 16.5. The first-order chi connectivity index (χ1) is 42.1. The van der Waals surface area contributed by atoms with Gasteiger partial charge in [0, 0.05) is 70.9 Å². The van der Waals surface area contributed by atoms with Crippen molar-refractivity contribution in [3.05, 3.63) is 102 Å². The van der Waals surface area contributed by atoms with Crippen molar-refractivity contribution in [1.82, 2.24) is 20.0 Å².